The average Bonchev–Trinajstić information content (AvgIpc) is 3.26. The van der Waals surface area contributed by atoms with E-state index < -0.39 is 0 Å². The third-order valence-corrected chi connectivity index (χ3v) is 5.52. The van der Waals surface area contributed by atoms with Crippen LogP contribution in [0.15, 0.2) is 66.3 Å². The van der Waals surface area contributed by atoms with Gasteiger partial charge < -0.3 is 5.11 Å². The van der Waals surface area contributed by atoms with Crippen molar-refractivity contribution in [3.8, 4) is 11.1 Å². The predicted molar refractivity (Wildman–Crippen MR) is 99.9 cm³/mol. The fourth-order valence-electron chi connectivity index (χ4n) is 4.08. The maximum Gasteiger partial charge on any atom is 0.0796 e. The number of fused-ring (bicyclic) bond motifs is 3. The van der Waals surface area contributed by atoms with Crippen molar-refractivity contribution in [1.82, 2.24) is 0 Å². The highest BCUT2D eigenvalue weighted by atomic mass is 16.3. The highest BCUT2D eigenvalue weighted by Gasteiger charge is 2.24. The molecule has 0 fully saturated rings. The maximum atomic E-state index is 10.9. The van der Waals surface area contributed by atoms with Crippen LogP contribution in [0, 0.1) is 5.92 Å². The largest absolute Gasteiger partial charge is 0.388 e. The van der Waals surface area contributed by atoms with Crippen molar-refractivity contribution in [1.29, 1.82) is 0 Å². The molecule has 0 heterocycles. The molecule has 2 unspecified atom stereocenters. The minimum atomic E-state index is -0.386. The van der Waals surface area contributed by atoms with Crippen molar-refractivity contribution >= 4 is 0 Å². The smallest absolute Gasteiger partial charge is 0.0796 e. The number of aliphatic hydroxyl groups is 1. The lowest BCUT2D eigenvalue weighted by atomic mass is 9.89. The zero-order chi connectivity index (χ0) is 16.5. The summed E-state index contributed by atoms with van der Waals surface area (Å²) in [5, 5.41) is 10.9. The van der Waals surface area contributed by atoms with Crippen LogP contribution in [-0.4, -0.2) is 5.11 Å². The van der Waals surface area contributed by atoms with Gasteiger partial charge in [-0.1, -0.05) is 73.2 Å². The van der Waals surface area contributed by atoms with Crippen LogP contribution < -0.4 is 0 Å². The Balaban J connectivity index is 1.54. The molecule has 2 atom stereocenters. The Hall–Kier alpha value is -2.12. The van der Waals surface area contributed by atoms with Crippen molar-refractivity contribution < 1.29 is 5.11 Å². The SMILES string of the molecule is CC(CCC(O)c1cccc2c1-c1ccccc1C2)C1=CC=CC1. The quantitative estimate of drug-likeness (QED) is 0.650. The molecule has 0 radical (unpaired) electrons. The topological polar surface area (TPSA) is 20.2 Å². The number of benzene rings is 2. The lowest BCUT2D eigenvalue weighted by Gasteiger charge is -2.19. The Morgan fingerprint density at radius 2 is 1.83 bits per heavy atom. The summed E-state index contributed by atoms with van der Waals surface area (Å²) in [4.78, 5) is 0. The van der Waals surface area contributed by atoms with E-state index in [9.17, 15) is 5.11 Å². The zero-order valence-corrected chi connectivity index (χ0v) is 14.2. The van der Waals surface area contributed by atoms with Crippen LogP contribution in [0.25, 0.3) is 11.1 Å². The first-order valence-corrected chi connectivity index (χ1v) is 8.98. The Morgan fingerprint density at radius 3 is 2.67 bits per heavy atom. The molecule has 1 nitrogen and oxygen atoms in total. The fourth-order valence-corrected chi connectivity index (χ4v) is 4.08. The number of allylic oxidation sites excluding steroid dienone is 4. The second kappa shape index (κ2) is 6.41. The molecule has 0 saturated carbocycles. The Bertz CT molecular complexity index is 813. The monoisotopic (exact) mass is 316 g/mol. The molecule has 2 aromatic rings. The molecule has 24 heavy (non-hydrogen) atoms. The summed E-state index contributed by atoms with van der Waals surface area (Å²) < 4.78 is 0. The number of hydrogen-bond donors (Lipinski definition) is 1. The van der Waals surface area contributed by atoms with Gasteiger partial charge in [0, 0.05) is 0 Å². The summed E-state index contributed by atoms with van der Waals surface area (Å²) in [7, 11) is 0. The van der Waals surface area contributed by atoms with Crippen molar-refractivity contribution in [2.45, 2.75) is 38.7 Å². The summed E-state index contributed by atoms with van der Waals surface area (Å²) in [5.74, 6) is 0.540. The van der Waals surface area contributed by atoms with Crippen molar-refractivity contribution in [2.75, 3.05) is 0 Å². The van der Waals surface area contributed by atoms with E-state index in [-0.39, 0.29) is 6.10 Å². The van der Waals surface area contributed by atoms with Gasteiger partial charge in [-0.05, 0) is 59.4 Å². The lowest BCUT2D eigenvalue weighted by Crippen LogP contribution is -2.05. The van der Waals surface area contributed by atoms with Crippen LogP contribution in [0.5, 0.6) is 0 Å². The molecule has 0 saturated heterocycles. The van der Waals surface area contributed by atoms with Gasteiger partial charge in [-0.3, -0.25) is 0 Å². The third-order valence-electron chi connectivity index (χ3n) is 5.52. The normalized spacial score (nSPS) is 17.3. The van der Waals surface area contributed by atoms with Gasteiger partial charge in [0.05, 0.1) is 6.10 Å². The van der Waals surface area contributed by atoms with Gasteiger partial charge >= 0.3 is 0 Å². The molecule has 2 aliphatic rings. The average molecular weight is 316 g/mol. The third kappa shape index (κ3) is 2.74. The molecule has 0 spiro atoms. The number of aliphatic hydroxyl groups excluding tert-OH is 1. The fraction of sp³-hybridized carbons (Fsp3) is 0.304. The standard InChI is InChI=1S/C23H24O/c1-16(17-7-2-3-8-17)13-14-22(24)21-12-6-10-19-15-18-9-4-5-11-20(18)23(19)21/h2-7,9-12,16,22,24H,8,13-15H2,1H3. The van der Waals surface area contributed by atoms with E-state index in [2.05, 4.69) is 67.6 Å². The van der Waals surface area contributed by atoms with E-state index in [1.807, 2.05) is 0 Å². The summed E-state index contributed by atoms with van der Waals surface area (Å²) in [6, 6.07) is 15.0. The second-order valence-corrected chi connectivity index (χ2v) is 7.08. The van der Waals surface area contributed by atoms with E-state index >= 15 is 0 Å². The van der Waals surface area contributed by atoms with E-state index in [1.165, 1.54) is 27.8 Å². The van der Waals surface area contributed by atoms with Crippen molar-refractivity contribution in [3.05, 3.63) is 83.0 Å². The first-order chi connectivity index (χ1) is 11.7. The van der Waals surface area contributed by atoms with Gasteiger partial charge in [-0.15, -0.1) is 0 Å². The van der Waals surface area contributed by atoms with Crippen LogP contribution in [0.2, 0.25) is 0 Å². The molecule has 122 valence electrons. The Labute approximate surface area is 144 Å². The molecule has 1 N–H and O–H groups in total. The second-order valence-electron chi connectivity index (χ2n) is 7.08. The summed E-state index contributed by atoms with van der Waals surface area (Å²) in [6.07, 6.45) is 10.1. The number of hydrogen-bond acceptors (Lipinski definition) is 1. The molecule has 4 rings (SSSR count). The minimum absolute atomic E-state index is 0.386. The van der Waals surface area contributed by atoms with Gasteiger partial charge in [-0.2, -0.15) is 0 Å². The Morgan fingerprint density at radius 1 is 1.00 bits per heavy atom. The van der Waals surface area contributed by atoms with Crippen LogP contribution in [0.4, 0.5) is 0 Å². The molecule has 0 aromatic heterocycles. The zero-order valence-electron chi connectivity index (χ0n) is 14.2. The van der Waals surface area contributed by atoms with Crippen LogP contribution in [0.1, 0.15) is 49.0 Å². The van der Waals surface area contributed by atoms with Gasteiger partial charge in [0.25, 0.3) is 0 Å². The van der Waals surface area contributed by atoms with E-state index in [0.29, 0.717) is 5.92 Å². The molecule has 1 heteroatoms. The van der Waals surface area contributed by atoms with Gasteiger partial charge in [-0.25, -0.2) is 0 Å². The van der Waals surface area contributed by atoms with Crippen molar-refractivity contribution in [2.24, 2.45) is 5.92 Å². The first-order valence-electron chi connectivity index (χ1n) is 8.98. The van der Waals surface area contributed by atoms with Gasteiger partial charge in [0.2, 0.25) is 0 Å². The highest BCUT2D eigenvalue weighted by molar-refractivity contribution is 5.79. The molecule has 2 aromatic carbocycles. The van der Waals surface area contributed by atoms with Crippen LogP contribution >= 0.6 is 0 Å². The van der Waals surface area contributed by atoms with E-state index in [1.54, 1.807) is 0 Å². The highest BCUT2D eigenvalue weighted by Crippen LogP contribution is 2.42. The molecule has 0 amide bonds. The van der Waals surface area contributed by atoms with Gasteiger partial charge in [0.1, 0.15) is 0 Å². The van der Waals surface area contributed by atoms with Gasteiger partial charge in [0.15, 0.2) is 0 Å². The molecule has 0 bridgehead atoms. The Kier molecular flexibility index (Phi) is 4.12. The molecule has 0 aliphatic heterocycles. The predicted octanol–water partition coefficient (Wildman–Crippen LogP) is 5.59. The molecule has 2 aliphatic carbocycles. The number of rotatable bonds is 5. The maximum absolute atomic E-state index is 10.9. The molecular formula is C23H24O. The molecular weight excluding hydrogens is 292 g/mol. The van der Waals surface area contributed by atoms with Crippen LogP contribution in [-0.2, 0) is 6.42 Å². The summed E-state index contributed by atoms with van der Waals surface area (Å²) in [6.45, 7) is 2.27. The van der Waals surface area contributed by atoms with E-state index in [4.69, 9.17) is 0 Å². The van der Waals surface area contributed by atoms with Crippen molar-refractivity contribution in [3.63, 3.8) is 0 Å². The van der Waals surface area contributed by atoms with E-state index in [0.717, 1.165) is 31.2 Å². The summed E-state index contributed by atoms with van der Waals surface area (Å²) in [5.41, 5.74) is 7.90. The minimum Gasteiger partial charge on any atom is -0.388 e. The lowest BCUT2D eigenvalue weighted by molar-refractivity contribution is 0.160. The first kappa shape index (κ1) is 15.4. The summed E-state index contributed by atoms with van der Waals surface area (Å²) >= 11 is 0. The van der Waals surface area contributed by atoms with Crippen LogP contribution in [0.3, 0.4) is 0 Å².